The molecule has 1 fully saturated rings. The maximum absolute atomic E-state index is 13.3. The Labute approximate surface area is 205 Å². The van der Waals surface area contributed by atoms with Gasteiger partial charge in [-0.05, 0) is 50.1 Å². The Morgan fingerprint density at radius 3 is 3.12 bits per heavy atom. The molecule has 2 atom stereocenters. The number of aromatic amines is 1. The predicted molar refractivity (Wildman–Crippen MR) is 136 cm³/mol. The van der Waals surface area contributed by atoms with Crippen molar-refractivity contribution in [3.63, 3.8) is 0 Å². The fourth-order valence-electron chi connectivity index (χ4n) is 5.07. The van der Waals surface area contributed by atoms with Crippen LogP contribution in [0.1, 0.15) is 23.8 Å². The average molecular weight is 495 g/mol. The van der Waals surface area contributed by atoms with Crippen LogP contribution < -0.4 is 5.32 Å². The van der Waals surface area contributed by atoms with Crippen molar-refractivity contribution in [1.29, 1.82) is 0 Å². The number of thioether (sulfide) groups is 1. The first-order valence-electron chi connectivity index (χ1n) is 11.5. The highest BCUT2D eigenvalue weighted by Gasteiger charge is 2.34. The fourth-order valence-corrected chi connectivity index (χ4v) is 6.90. The van der Waals surface area contributed by atoms with Gasteiger partial charge in [0.05, 0.1) is 42.0 Å². The number of aromatic nitrogens is 4. The van der Waals surface area contributed by atoms with E-state index < -0.39 is 0 Å². The third-order valence-corrected chi connectivity index (χ3v) is 8.80. The van der Waals surface area contributed by atoms with Crippen molar-refractivity contribution in [2.24, 2.45) is 5.92 Å². The Balaban J connectivity index is 1.32. The molecule has 4 heterocycles. The van der Waals surface area contributed by atoms with E-state index in [0.29, 0.717) is 19.8 Å². The van der Waals surface area contributed by atoms with Gasteiger partial charge in [-0.3, -0.25) is 9.89 Å². The number of hydrogen-bond donors (Lipinski definition) is 2. The highest BCUT2D eigenvalue weighted by atomic mass is 32.2. The van der Waals surface area contributed by atoms with Crippen LogP contribution in [0.4, 0.5) is 11.5 Å². The van der Waals surface area contributed by atoms with E-state index in [0.717, 1.165) is 56.8 Å². The van der Waals surface area contributed by atoms with Gasteiger partial charge in [-0.15, -0.1) is 23.1 Å². The highest BCUT2D eigenvalue weighted by Crippen LogP contribution is 2.42. The van der Waals surface area contributed by atoms with E-state index in [-0.39, 0.29) is 17.9 Å². The Hall–Kier alpha value is -2.69. The Morgan fingerprint density at radius 2 is 2.26 bits per heavy atom. The maximum Gasteiger partial charge on any atom is 0.226 e. The van der Waals surface area contributed by atoms with Gasteiger partial charge in [-0.25, -0.2) is 9.97 Å². The van der Waals surface area contributed by atoms with Gasteiger partial charge in [-0.2, -0.15) is 5.10 Å². The molecule has 0 radical (unpaired) electrons. The molecule has 1 saturated heterocycles. The van der Waals surface area contributed by atoms with E-state index in [1.165, 1.54) is 10.4 Å². The molecule has 0 saturated carbocycles. The zero-order valence-electron chi connectivity index (χ0n) is 19.1. The van der Waals surface area contributed by atoms with E-state index in [1.54, 1.807) is 29.4 Å². The molecule has 0 spiro atoms. The number of hydrogen-bond acceptors (Lipinski definition) is 8. The van der Waals surface area contributed by atoms with Crippen molar-refractivity contribution in [3.8, 4) is 0 Å². The summed E-state index contributed by atoms with van der Waals surface area (Å²) in [6, 6.07) is 4.36. The molecule has 4 aromatic rings. The first kappa shape index (κ1) is 21.8. The molecule has 10 heteroatoms. The van der Waals surface area contributed by atoms with E-state index in [9.17, 15) is 4.79 Å². The van der Waals surface area contributed by atoms with Crippen LogP contribution in [-0.4, -0.2) is 63.0 Å². The van der Waals surface area contributed by atoms with Crippen LogP contribution in [0.2, 0.25) is 0 Å². The molecule has 1 aliphatic heterocycles. The number of carbonyl (C=O) groups excluding carboxylic acids is 1. The lowest BCUT2D eigenvalue weighted by molar-refractivity contribution is -0.143. The molecule has 176 valence electrons. The molecule has 34 heavy (non-hydrogen) atoms. The lowest BCUT2D eigenvalue weighted by atomic mass is 9.86. The molecule has 6 rings (SSSR count). The summed E-state index contributed by atoms with van der Waals surface area (Å²) in [5, 5.41) is 12.9. The number of thiophene rings is 1. The second-order valence-electron chi connectivity index (χ2n) is 8.94. The molecule has 2 N–H and O–H groups in total. The number of nitrogens with one attached hydrogen (secondary N) is 2. The normalized spacial score (nSPS) is 20.6. The Bertz CT molecular complexity index is 1380. The number of H-pyrrole nitrogens is 1. The van der Waals surface area contributed by atoms with E-state index in [2.05, 4.69) is 50.8 Å². The van der Waals surface area contributed by atoms with E-state index in [1.807, 2.05) is 11.1 Å². The largest absolute Gasteiger partial charge is 0.377 e. The van der Waals surface area contributed by atoms with E-state index in [4.69, 9.17) is 4.74 Å². The summed E-state index contributed by atoms with van der Waals surface area (Å²) in [6.07, 6.45) is 8.02. The summed E-state index contributed by atoms with van der Waals surface area (Å²) in [7, 11) is 0. The lowest BCUT2D eigenvalue weighted by Crippen LogP contribution is -2.50. The quantitative estimate of drug-likeness (QED) is 0.406. The highest BCUT2D eigenvalue weighted by molar-refractivity contribution is 7.98. The number of benzene rings is 1. The van der Waals surface area contributed by atoms with Gasteiger partial charge in [0.1, 0.15) is 17.0 Å². The van der Waals surface area contributed by atoms with E-state index >= 15 is 0 Å². The second-order valence-corrected chi connectivity index (χ2v) is 10.9. The minimum Gasteiger partial charge on any atom is -0.377 e. The molecule has 1 aliphatic carbocycles. The van der Waals surface area contributed by atoms with Gasteiger partial charge < -0.3 is 15.0 Å². The topological polar surface area (TPSA) is 96.0 Å². The van der Waals surface area contributed by atoms with Crippen molar-refractivity contribution in [2.75, 3.05) is 31.3 Å². The van der Waals surface area contributed by atoms with Crippen molar-refractivity contribution < 1.29 is 9.53 Å². The van der Waals surface area contributed by atoms with Gasteiger partial charge in [0, 0.05) is 27.6 Å². The monoisotopic (exact) mass is 494 g/mol. The number of aryl methyl sites for hydroxylation is 1. The minimum atomic E-state index is 0.0251. The van der Waals surface area contributed by atoms with Gasteiger partial charge in [0.15, 0.2) is 0 Å². The van der Waals surface area contributed by atoms with Crippen LogP contribution in [-0.2, 0) is 22.4 Å². The first-order chi connectivity index (χ1) is 16.6. The maximum atomic E-state index is 13.3. The van der Waals surface area contributed by atoms with Crippen LogP contribution in [0, 0.1) is 5.92 Å². The number of anilines is 2. The third-order valence-electron chi connectivity index (χ3n) is 6.86. The predicted octanol–water partition coefficient (Wildman–Crippen LogP) is 4.39. The number of morpholine rings is 1. The number of fused-ring (bicyclic) bond motifs is 4. The zero-order valence-corrected chi connectivity index (χ0v) is 20.8. The molecule has 8 nitrogen and oxygen atoms in total. The van der Waals surface area contributed by atoms with Crippen LogP contribution in [0.5, 0.6) is 0 Å². The zero-order chi connectivity index (χ0) is 23.2. The van der Waals surface area contributed by atoms with Gasteiger partial charge in [0.25, 0.3) is 0 Å². The molecular weight excluding hydrogens is 468 g/mol. The summed E-state index contributed by atoms with van der Waals surface area (Å²) in [5.74, 6) is 1.12. The van der Waals surface area contributed by atoms with Crippen molar-refractivity contribution in [3.05, 3.63) is 35.1 Å². The molecule has 0 unspecified atom stereocenters. The summed E-state index contributed by atoms with van der Waals surface area (Å²) >= 11 is 3.38. The summed E-state index contributed by atoms with van der Waals surface area (Å²) in [6.45, 7) is 4.01. The number of rotatable bonds is 4. The molecule has 1 amide bonds. The van der Waals surface area contributed by atoms with Crippen molar-refractivity contribution >= 4 is 61.6 Å². The van der Waals surface area contributed by atoms with Crippen molar-refractivity contribution in [2.45, 2.75) is 37.1 Å². The number of ether oxygens (including phenoxy) is 1. The van der Waals surface area contributed by atoms with Gasteiger partial charge in [-0.1, -0.05) is 0 Å². The summed E-state index contributed by atoms with van der Waals surface area (Å²) in [4.78, 5) is 27.9. The molecule has 2 aliphatic rings. The second kappa shape index (κ2) is 8.83. The molecular formula is C24H26N6O2S2. The SMILES string of the molecule is CSc1cc2[nH]ncc2cc1Nc1ncnc2sc3c(c12)CC[C@H](C(=O)N1CCOC[C@H]1C)C3. The van der Waals surface area contributed by atoms with Crippen LogP contribution in [0.3, 0.4) is 0 Å². The van der Waals surface area contributed by atoms with Crippen LogP contribution in [0.15, 0.2) is 29.6 Å². The summed E-state index contributed by atoms with van der Waals surface area (Å²) in [5.41, 5.74) is 3.31. The number of amides is 1. The minimum absolute atomic E-state index is 0.0251. The van der Waals surface area contributed by atoms with Crippen molar-refractivity contribution in [1.82, 2.24) is 25.1 Å². The summed E-state index contributed by atoms with van der Waals surface area (Å²) < 4.78 is 5.52. The van der Waals surface area contributed by atoms with Gasteiger partial charge in [0.2, 0.25) is 5.91 Å². The molecule has 0 bridgehead atoms. The average Bonchev–Trinajstić information content (AvgIpc) is 3.47. The number of carbonyl (C=O) groups is 1. The number of nitrogens with zero attached hydrogens (tertiary/aromatic N) is 4. The standard InChI is InChI=1S/C24H26N6O2S2/c1-13-11-32-6-5-30(13)24(31)14-3-4-16-19(8-14)34-23-21(16)22(25-12-26-23)28-18-7-15-10-27-29-17(15)9-20(18)33-2/h7,9-10,12-14H,3-6,8,11H2,1-2H3,(H,27,29)(H,25,26,28)/t13-,14+/m1/s1. The molecule has 3 aromatic heterocycles. The fraction of sp³-hybridized carbons (Fsp3) is 0.417. The molecule has 1 aromatic carbocycles. The van der Waals surface area contributed by atoms with Gasteiger partial charge >= 0.3 is 0 Å². The Kier molecular flexibility index (Phi) is 5.66. The lowest BCUT2D eigenvalue weighted by Gasteiger charge is -2.36. The third kappa shape index (κ3) is 3.73. The smallest absolute Gasteiger partial charge is 0.226 e. The first-order valence-corrected chi connectivity index (χ1v) is 13.6. The van der Waals surface area contributed by atoms with Crippen LogP contribution in [0.25, 0.3) is 21.1 Å². The van der Waals surface area contributed by atoms with Crippen LogP contribution >= 0.6 is 23.1 Å². The Morgan fingerprint density at radius 1 is 1.35 bits per heavy atom.